The monoisotopic (exact) mass is 371 g/mol. The quantitative estimate of drug-likeness (QED) is 0.462. The van der Waals surface area contributed by atoms with Gasteiger partial charge in [-0.25, -0.2) is 0 Å². The van der Waals surface area contributed by atoms with Crippen molar-refractivity contribution < 1.29 is 14.7 Å². The predicted octanol–water partition coefficient (Wildman–Crippen LogP) is 2.23. The molecule has 0 aromatic heterocycles. The zero-order valence-electron chi connectivity index (χ0n) is 14.4. The summed E-state index contributed by atoms with van der Waals surface area (Å²) in [5.74, 6) is -0.606. The van der Waals surface area contributed by atoms with Crippen LogP contribution in [0, 0.1) is 6.92 Å². The van der Waals surface area contributed by atoms with Crippen LogP contribution in [0.3, 0.4) is 0 Å². The minimum atomic E-state index is -0.323. The molecule has 0 aliphatic heterocycles. The smallest absolute Gasteiger partial charge is 0.257 e. The number of thiocarbonyl (C=S) groups is 1. The lowest BCUT2D eigenvalue weighted by atomic mass is 10.1. The van der Waals surface area contributed by atoms with Gasteiger partial charge in [-0.15, -0.1) is 0 Å². The topological polar surface area (TPSA) is 90.5 Å². The van der Waals surface area contributed by atoms with E-state index in [-0.39, 0.29) is 23.5 Å². The third kappa shape index (κ3) is 5.65. The molecule has 7 heteroatoms. The van der Waals surface area contributed by atoms with Gasteiger partial charge < -0.3 is 15.7 Å². The van der Waals surface area contributed by atoms with E-state index < -0.39 is 0 Å². The van der Waals surface area contributed by atoms with Gasteiger partial charge >= 0.3 is 0 Å². The van der Waals surface area contributed by atoms with E-state index in [1.54, 1.807) is 42.5 Å². The molecule has 2 rings (SSSR count). The Morgan fingerprint density at radius 2 is 1.85 bits per heavy atom. The van der Waals surface area contributed by atoms with E-state index in [1.807, 2.05) is 13.0 Å². The molecule has 6 nitrogen and oxygen atoms in total. The maximum absolute atomic E-state index is 12.2. The number of hydrogen-bond acceptors (Lipinski definition) is 4. The summed E-state index contributed by atoms with van der Waals surface area (Å²) in [6.45, 7) is 2.28. The van der Waals surface area contributed by atoms with Gasteiger partial charge in [0.2, 0.25) is 0 Å². The molecule has 0 fully saturated rings. The molecular weight excluding hydrogens is 350 g/mol. The van der Waals surface area contributed by atoms with E-state index in [4.69, 9.17) is 17.3 Å². The van der Waals surface area contributed by atoms with Crippen LogP contribution < -0.4 is 16.0 Å². The molecule has 0 aliphatic carbocycles. The Bertz CT molecular complexity index is 808. The van der Waals surface area contributed by atoms with E-state index in [0.717, 1.165) is 5.56 Å². The lowest BCUT2D eigenvalue weighted by molar-refractivity contribution is 0.0950. The van der Waals surface area contributed by atoms with E-state index >= 15 is 0 Å². The summed E-state index contributed by atoms with van der Waals surface area (Å²) in [5, 5.41) is 17.1. The fourth-order valence-electron chi connectivity index (χ4n) is 2.28. The molecule has 136 valence electrons. The number of aryl methyl sites for hydroxylation is 1. The van der Waals surface area contributed by atoms with Crippen molar-refractivity contribution in [1.29, 1.82) is 0 Å². The average Bonchev–Trinajstić information content (AvgIpc) is 2.62. The van der Waals surface area contributed by atoms with Gasteiger partial charge in [-0.2, -0.15) is 0 Å². The van der Waals surface area contributed by atoms with Crippen molar-refractivity contribution in [2.75, 3.05) is 18.5 Å². The summed E-state index contributed by atoms with van der Waals surface area (Å²) in [7, 11) is 0. The highest BCUT2D eigenvalue weighted by Crippen LogP contribution is 2.15. The summed E-state index contributed by atoms with van der Waals surface area (Å²) in [4.78, 5) is 24.5. The van der Waals surface area contributed by atoms with Crippen molar-refractivity contribution in [2.45, 2.75) is 13.3 Å². The Morgan fingerprint density at radius 1 is 1.08 bits per heavy atom. The van der Waals surface area contributed by atoms with E-state index in [9.17, 15) is 9.59 Å². The first-order valence-electron chi connectivity index (χ1n) is 8.18. The molecule has 0 radical (unpaired) electrons. The van der Waals surface area contributed by atoms with Crippen LogP contribution in [0.25, 0.3) is 0 Å². The van der Waals surface area contributed by atoms with Crippen molar-refractivity contribution in [3.63, 3.8) is 0 Å². The number of aliphatic hydroxyl groups is 1. The third-order valence-electron chi connectivity index (χ3n) is 3.55. The number of para-hydroxylation sites is 1. The number of amides is 2. The van der Waals surface area contributed by atoms with Crippen molar-refractivity contribution in [3.05, 3.63) is 65.2 Å². The van der Waals surface area contributed by atoms with Gasteiger partial charge in [-0.05, 0) is 49.8 Å². The molecule has 26 heavy (non-hydrogen) atoms. The maximum atomic E-state index is 12.2. The van der Waals surface area contributed by atoms with Crippen molar-refractivity contribution >= 4 is 34.8 Å². The Labute approximate surface area is 157 Å². The van der Waals surface area contributed by atoms with Crippen LogP contribution in [0.2, 0.25) is 0 Å². The summed E-state index contributed by atoms with van der Waals surface area (Å²) >= 11 is 5.19. The van der Waals surface area contributed by atoms with Gasteiger partial charge in [0.05, 0.1) is 11.3 Å². The Hall–Kier alpha value is -2.77. The molecule has 0 bridgehead atoms. The highest BCUT2D eigenvalue weighted by molar-refractivity contribution is 7.80. The summed E-state index contributed by atoms with van der Waals surface area (Å²) < 4.78 is 0. The van der Waals surface area contributed by atoms with Crippen LogP contribution in [0.4, 0.5) is 5.69 Å². The molecule has 2 aromatic rings. The second-order valence-electron chi connectivity index (χ2n) is 5.66. The molecule has 2 aromatic carbocycles. The molecule has 0 atom stereocenters. The van der Waals surface area contributed by atoms with Crippen LogP contribution in [-0.2, 0) is 0 Å². The molecule has 0 saturated heterocycles. The van der Waals surface area contributed by atoms with E-state index in [1.165, 1.54) is 0 Å². The zero-order valence-corrected chi connectivity index (χ0v) is 15.2. The fourth-order valence-corrected chi connectivity index (χ4v) is 2.48. The lowest BCUT2D eigenvalue weighted by Crippen LogP contribution is -2.35. The summed E-state index contributed by atoms with van der Waals surface area (Å²) in [6, 6.07) is 14.0. The molecule has 0 heterocycles. The number of aliphatic hydroxyl groups excluding tert-OH is 1. The van der Waals surface area contributed by atoms with Crippen LogP contribution >= 0.6 is 12.2 Å². The van der Waals surface area contributed by atoms with E-state index in [2.05, 4.69) is 16.0 Å². The highest BCUT2D eigenvalue weighted by atomic mass is 32.1. The zero-order chi connectivity index (χ0) is 18.9. The molecule has 0 unspecified atom stereocenters. The van der Waals surface area contributed by atoms with Crippen molar-refractivity contribution in [2.24, 2.45) is 0 Å². The van der Waals surface area contributed by atoms with Crippen LogP contribution in [0.1, 0.15) is 32.7 Å². The second-order valence-corrected chi connectivity index (χ2v) is 6.06. The standard InChI is InChI=1S/C19H21N3O3S/c1-13-6-4-7-14(12-13)17(24)22-19(26)21-16-9-3-2-8-15(16)18(25)20-10-5-11-23/h2-4,6-9,12,23H,5,10-11H2,1H3,(H,20,25)(H2,21,22,24,26). The first-order chi connectivity index (χ1) is 12.5. The van der Waals surface area contributed by atoms with Crippen LogP contribution in [0.15, 0.2) is 48.5 Å². The number of nitrogens with one attached hydrogen (secondary N) is 3. The molecule has 4 N–H and O–H groups in total. The SMILES string of the molecule is Cc1cccc(C(=O)NC(=S)Nc2ccccc2C(=O)NCCCO)c1. The average molecular weight is 371 g/mol. The number of hydrogen-bond donors (Lipinski definition) is 4. The largest absolute Gasteiger partial charge is 0.396 e. The van der Waals surface area contributed by atoms with Crippen LogP contribution in [0.5, 0.6) is 0 Å². The number of rotatable bonds is 6. The fraction of sp³-hybridized carbons (Fsp3) is 0.211. The molecule has 0 saturated carbocycles. The van der Waals surface area contributed by atoms with Gasteiger partial charge in [-0.1, -0.05) is 29.8 Å². The normalized spacial score (nSPS) is 10.1. The van der Waals surface area contributed by atoms with Crippen molar-refractivity contribution in [3.8, 4) is 0 Å². The lowest BCUT2D eigenvalue weighted by Gasteiger charge is -2.13. The third-order valence-corrected chi connectivity index (χ3v) is 3.75. The van der Waals surface area contributed by atoms with Gasteiger partial charge in [0.1, 0.15) is 0 Å². The molecular formula is C19H21N3O3S. The Balaban J connectivity index is 2.02. The minimum Gasteiger partial charge on any atom is -0.396 e. The second kappa shape index (κ2) is 9.65. The van der Waals surface area contributed by atoms with Gasteiger partial charge in [0.25, 0.3) is 11.8 Å². The van der Waals surface area contributed by atoms with Gasteiger partial charge in [0.15, 0.2) is 5.11 Å². The van der Waals surface area contributed by atoms with Gasteiger partial charge in [-0.3, -0.25) is 14.9 Å². The van der Waals surface area contributed by atoms with E-state index in [0.29, 0.717) is 29.8 Å². The highest BCUT2D eigenvalue weighted by Gasteiger charge is 2.13. The molecule has 2 amide bonds. The number of anilines is 1. The Kier molecular flexibility index (Phi) is 7.25. The first-order valence-corrected chi connectivity index (χ1v) is 8.59. The predicted molar refractivity (Wildman–Crippen MR) is 105 cm³/mol. The van der Waals surface area contributed by atoms with Crippen LogP contribution in [-0.4, -0.2) is 35.2 Å². The molecule has 0 spiro atoms. The number of carbonyl (C=O) groups is 2. The summed E-state index contributed by atoms with van der Waals surface area (Å²) in [6.07, 6.45) is 0.478. The number of carbonyl (C=O) groups excluding carboxylic acids is 2. The van der Waals surface area contributed by atoms with Crippen molar-refractivity contribution in [1.82, 2.24) is 10.6 Å². The van der Waals surface area contributed by atoms with Gasteiger partial charge in [0, 0.05) is 18.7 Å². The summed E-state index contributed by atoms with van der Waals surface area (Å²) in [5.41, 5.74) is 2.37. The Morgan fingerprint density at radius 3 is 2.58 bits per heavy atom. The maximum Gasteiger partial charge on any atom is 0.257 e. The number of benzene rings is 2. The minimum absolute atomic E-state index is 0.00918. The molecule has 0 aliphatic rings. The first kappa shape index (κ1) is 19.6.